The molecule has 0 aliphatic carbocycles. The van der Waals surface area contributed by atoms with Gasteiger partial charge in [0.2, 0.25) is 0 Å². The van der Waals surface area contributed by atoms with Gasteiger partial charge in [-0.05, 0) is 48.4 Å². The molecular weight excluding hydrogens is 314 g/mol. The Bertz CT molecular complexity index is 959. The van der Waals surface area contributed by atoms with E-state index in [0.717, 1.165) is 49.3 Å². The van der Waals surface area contributed by atoms with Crippen molar-refractivity contribution < 1.29 is 4.74 Å². The summed E-state index contributed by atoms with van der Waals surface area (Å²) in [5.74, 6) is 0. The van der Waals surface area contributed by atoms with Crippen molar-refractivity contribution in [3.63, 3.8) is 0 Å². The van der Waals surface area contributed by atoms with Gasteiger partial charge in [-0.25, -0.2) is 4.98 Å². The zero-order chi connectivity index (χ0) is 17.2. The molecule has 1 aromatic carbocycles. The van der Waals surface area contributed by atoms with Crippen molar-refractivity contribution in [2.45, 2.75) is 13.5 Å². The number of benzene rings is 1. The number of fused-ring (bicyclic) bond motifs is 1. The molecule has 1 fully saturated rings. The van der Waals surface area contributed by atoms with Gasteiger partial charge in [0.15, 0.2) is 0 Å². The Labute approximate surface area is 146 Å². The van der Waals surface area contributed by atoms with Crippen LogP contribution in [0.15, 0.2) is 47.4 Å². The van der Waals surface area contributed by atoms with Crippen LogP contribution >= 0.6 is 0 Å². The first-order chi connectivity index (χ1) is 12.2. The average molecular weight is 335 g/mol. The molecule has 0 radical (unpaired) electrons. The maximum Gasteiger partial charge on any atom is 0.257 e. The lowest BCUT2D eigenvalue weighted by molar-refractivity contribution is 0.0342. The van der Waals surface area contributed by atoms with Crippen LogP contribution in [-0.2, 0) is 11.3 Å². The number of aromatic amines is 1. The first-order valence-corrected chi connectivity index (χ1v) is 8.59. The number of rotatable bonds is 3. The summed E-state index contributed by atoms with van der Waals surface area (Å²) >= 11 is 0. The minimum atomic E-state index is -0.113. The second-order valence-corrected chi connectivity index (χ2v) is 6.48. The fourth-order valence-electron chi connectivity index (χ4n) is 3.32. The number of hydrogen-bond acceptors (Lipinski definition) is 4. The average Bonchev–Trinajstić information content (AvgIpc) is 2.63. The third-order valence-corrected chi connectivity index (χ3v) is 4.68. The van der Waals surface area contributed by atoms with Gasteiger partial charge in [0.1, 0.15) is 0 Å². The molecule has 5 heteroatoms. The van der Waals surface area contributed by atoms with Gasteiger partial charge in [0, 0.05) is 31.2 Å². The molecule has 3 heterocycles. The van der Waals surface area contributed by atoms with Gasteiger partial charge >= 0.3 is 0 Å². The van der Waals surface area contributed by atoms with Crippen molar-refractivity contribution in [3.8, 4) is 11.3 Å². The summed E-state index contributed by atoms with van der Waals surface area (Å²) in [6.45, 7) is 6.57. The van der Waals surface area contributed by atoms with Gasteiger partial charge in [-0.1, -0.05) is 6.07 Å². The van der Waals surface area contributed by atoms with Gasteiger partial charge < -0.3 is 9.72 Å². The number of aryl methyl sites for hydroxylation is 1. The fraction of sp³-hybridized carbons (Fsp3) is 0.300. The lowest BCUT2D eigenvalue weighted by Crippen LogP contribution is -2.35. The van der Waals surface area contributed by atoms with Crippen molar-refractivity contribution in [3.05, 3.63) is 64.1 Å². The van der Waals surface area contributed by atoms with Crippen molar-refractivity contribution in [2.75, 3.05) is 26.3 Å². The number of H-pyrrole nitrogens is 1. The van der Waals surface area contributed by atoms with E-state index in [9.17, 15) is 4.79 Å². The summed E-state index contributed by atoms with van der Waals surface area (Å²) in [5, 5.41) is 1.14. The van der Waals surface area contributed by atoms with E-state index in [1.54, 1.807) is 12.3 Å². The Kier molecular flexibility index (Phi) is 4.34. The molecule has 25 heavy (non-hydrogen) atoms. The third kappa shape index (κ3) is 3.34. The summed E-state index contributed by atoms with van der Waals surface area (Å²) in [7, 11) is 0. The van der Waals surface area contributed by atoms with Crippen LogP contribution in [0.2, 0.25) is 0 Å². The Morgan fingerprint density at radius 3 is 2.84 bits per heavy atom. The Morgan fingerprint density at radius 1 is 1.20 bits per heavy atom. The van der Waals surface area contributed by atoms with Crippen LogP contribution in [0.5, 0.6) is 0 Å². The van der Waals surface area contributed by atoms with Gasteiger partial charge in [0.25, 0.3) is 5.56 Å². The van der Waals surface area contributed by atoms with Crippen LogP contribution in [0.1, 0.15) is 11.1 Å². The van der Waals surface area contributed by atoms with E-state index in [2.05, 4.69) is 35.0 Å². The maximum absolute atomic E-state index is 12.0. The van der Waals surface area contributed by atoms with Crippen LogP contribution in [0, 0.1) is 6.92 Å². The molecule has 0 saturated carbocycles. The zero-order valence-electron chi connectivity index (χ0n) is 14.3. The summed E-state index contributed by atoms with van der Waals surface area (Å²) in [6.07, 6.45) is 1.64. The van der Waals surface area contributed by atoms with Crippen LogP contribution in [-0.4, -0.2) is 41.2 Å². The lowest BCUT2D eigenvalue weighted by Gasteiger charge is -2.26. The Hall–Kier alpha value is -2.50. The Morgan fingerprint density at radius 2 is 2.04 bits per heavy atom. The van der Waals surface area contributed by atoms with Crippen LogP contribution < -0.4 is 5.56 Å². The largest absolute Gasteiger partial charge is 0.379 e. The van der Waals surface area contributed by atoms with E-state index < -0.39 is 0 Å². The molecule has 1 saturated heterocycles. The normalized spacial score (nSPS) is 15.6. The molecule has 2 aromatic heterocycles. The molecule has 0 unspecified atom stereocenters. The molecule has 0 amide bonds. The SMILES string of the molecule is Cc1cc(-c2ccc[nH]c2=O)nc2ccc(CN3CCOCC3)cc12. The highest BCUT2D eigenvalue weighted by Gasteiger charge is 2.12. The summed E-state index contributed by atoms with van der Waals surface area (Å²) < 4.78 is 5.41. The number of morpholine rings is 1. The highest BCUT2D eigenvalue weighted by atomic mass is 16.5. The second-order valence-electron chi connectivity index (χ2n) is 6.48. The first kappa shape index (κ1) is 16.0. The predicted molar refractivity (Wildman–Crippen MR) is 98.6 cm³/mol. The number of ether oxygens (including phenoxy) is 1. The smallest absolute Gasteiger partial charge is 0.257 e. The third-order valence-electron chi connectivity index (χ3n) is 4.68. The summed E-state index contributed by atoms with van der Waals surface area (Å²) in [5.41, 5.74) is 4.54. The molecule has 5 nitrogen and oxygen atoms in total. The molecule has 1 aliphatic heterocycles. The first-order valence-electron chi connectivity index (χ1n) is 8.59. The maximum atomic E-state index is 12.0. The van der Waals surface area contributed by atoms with E-state index in [1.165, 1.54) is 5.56 Å². The summed E-state index contributed by atoms with van der Waals surface area (Å²) in [6, 6.07) is 12.0. The van der Waals surface area contributed by atoms with Gasteiger partial charge in [-0.3, -0.25) is 9.69 Å². The van der Waals surface area contributed by atoms with Crippen molar-refractivity contribution in [1.29, 1.82) is 0 Å². The standard InChI is InChI=1S/C20H21N3O2/c1-14-11-19(16-3-2-6-21-20(16)24)22-18-5-4-15(12-17(14)18)13-23-7-9-25-10-8-23/h2-6,11-12H,7-10,13H2,1H3,(H,21,24). The monoisotopic (exact) mass is 335 g/mol. The van der Waals surface area contributed by atoms with Crippen molar-refractivity contribution in [1.82, 2.24) is 14.9 Å². The van der Waals surface area contributed by atoms with Crippen molar-refractivity contribution in [2.24, 2.45) is 0 Å². The van der Waals surface area contributed by atoms with Gasteiger partial charge in [-0.15, -0.1) is 0 Å². The molecule has 4 rings (SSSR count). The topological polar surface area (TPSA) is 58.2 Å². The van der Waals surface area contributed by atoms with Crippen LogP contribution in [0.3, 0.4) is 0 Å². The number of aromatic nitrogens is 2. The molecular formula is C20H21N3O2. The molecule has 1 aliphatic rings. The van der Waals surface area contributed by atoms with Gasteiger partial charge in [-0.2, -0.15) is 0 Å². The van der Waals surface area contributed by atoms with Crippen LogP contribution in [0.4, 0.5) is 0 Å². The molecule has 3 aromatic rings. The fourth-order valence-corrected chi connectivity index (χ4v) is 3.32. The molecule has 1 N–H and O–H groups in total. The van der Waals surface area contributed by atoms with E-state index in [1.807, 2.05) is 12.1 Å². The molecule has 0 bridgehead atoms. The Balaban J connectivity index is 1.69. The van der Waals surface area contributed by atoms with E-state index in [0.29, 0.717) is 11.3 Å². The second kappa shape index (κ2) is 6.78. The highest BCUT2D eigenvalue weighted by Crippen LogP contribution is 2.24. The molecule has 128 valence electrons. The lowest BCUT2D eigenvalue weighted by atomic mass is 10.0. The quantitative estimate of drug-likeness (QED) is 0.799. The van der Waals surface area contributed by atoms with Crippen molar-refractivity contribution >= 4 is 10.9 Å². The van der Waals surface area contributed by atoms with Gasteiger partial charge in [0.05, 0.1) is 30.0 Å². The zero-order valence-corrected chi connectivity index (χ0v) is 14.3. The number of hydrogen-bond donors (Lipinski definition) is 1. The van der Waals surface area contributed by atoms with E-state index in [-0.39, 0.29) is 5.56 Å². The minimum Gasteiger partial charge on any atom is -0.379 e. The molecule has 0 spiro atoms. The highest BCUT2D eigenvalue weighted by molar-refractivity contribution is 5.85. The number of nitrogens with zero attached hydrogens (tertiary/aromatic N) is 2. The minimum absolute atomic E-state index is 0.113. The summed E-state index contributed by atoms with van der Waals surface area (Å²) in [4.78, 5) is 21.8. The van der Waals surface area contributed by atoms with E-state index >= 15 is 0 Å². The number of nitrogens with one attached hydrogen (secondary N) is 1. The predicted octanol–water partition coefficient (Wildman–Crippen LogP) is 2.73. The number of pyridine rings is 2. The van der Waals surface area contributed by atoms with Crippen LogP contribution in [0.25, 0.3) is 22.2 Å². The van der Waals surface area contributed by atoms with E-state index in [4.69, 9.17) is 9.72 Å². The molecule has 0 atom stereocenters.